The maximum atomic E-state index is 2.85. The molecule has 1 nitrogen and oxygen atoms in total. The molecule has 0 radical (unpaired) electrons. The molecule has 0 aromatic heterocycles. The lowest BCUT2D eigenvalue weighted by Crippen LogP contribution is -2.43. The second kappa shape index (κ2) is 5.76. The standard InChI is InChI=1S/C20H29N/c1-2-15-3-6-17(7-4-15)18-9-11-21(12-10-18)20-14-16-5-8-19(20)13-16/h3-4,6-7,16,18-20H,2,5,8-14H2,1H3. The van der Waals surface area contributed by atoms with Crippen LogP contribution in [0.2, 0.25) is 0 Å². The molecule has 1 aliphatic heterocycles. The molecule has 114 valence electrons. The van der Waals surface area contributed by atoms with E-state index in [1.807, 2.05) is 0 Å². The van der Waals surface area contributed by atoms with E-state index in [9.17, 15) is 0 Å². The summed E-state index contributed by atoms with van der Waals surface area (Å²) in [5, 5.41) is 0. The second-order valence-electron chi connectivity index (χ2n) is 7.65. The Morgan fingerprint density at radius 3 is 2.29 bits per heavy atom. The minimum atomic E-state index is 0.811. The average molecular weight is 283 g/mol. The number of rotatable bonds is 3. The van der Waals surface area contributed by atoms with E-state index >= 15 is 0 Å². The first kappa shape index (κ1) is 13.8. The molecule has 4 rings (SSSR count). The molecule has 3 atom stereocenters. The summed E-state index contributed by atoms with van der Waals surface area (Å²) in [6, 6.07) is 10.4. The van der Waals surface area contributed by atoms with Gasteiger partial charge in [0.05, 0.1) is 0 Å². The zero-order chi connectivity index (χ0) is 14.2. The number of piperidine rings is 1. The van der Waals surface area contributed by atoms with Crippen LogP contribution in [0.15, 0.2) is 24.3 Å². The fraction of sp³-hybridized carbons (Fsp3) is 0.700. The molecule has 0 spiro atoms. The highest BCUT2D eigenvalue weighted by Crippen LogP contribution is 2.47. The van der Waals surface area contributed by atoms with E-state index in [0.717, 1.165) is 30.2 Å². The van der Waals surface area contributed by atoms with Gasteiger partial charge < -0.3 is 4.90 Å². The second-order valence-corrected chi connectivity index (χ2v) is 7.65. The lowest BCUT2D eigenvalue weighted by atomic mass is 9.86. The monoisotopic (exact) mass is 283 g/mol. The van der Waals surface area contributed by atoms with Crippen molar-refractivity contribution in [3.63, 3.8) is 0 Å². The van der Waals surface area contributed by atoms with Crippen LogP contribution < -0.4 is 0 Å². The number of likely N-dealkylation sites (tertiary alicyclic amines) is 1. The smallest absolute Gasteiger partial charge is 0.0126 e. The molecule has 1 saturated heterocycles. The van der Waals surface area contributed by atoms with Crippen LogP contribution in [0, 0.1) is 11.8 Å². The molecule has 0 amide bonds. The quantitative estimate of drug-likeness (QED) is 0.782. The summed E-state index contributed by atoms with van der Waals surface area (Å²) in [6.45, 7) is 4.92. The third-order valence-electron chi connectivity index (χ3n) is 6.56. The fourth-order valence-electron chi connectivity index (χ4n) is 5.25. The molecule has 0 N–H and O–H groups in total. The van der Waals surface area contributed by atoms with Gasteiger partial charge in [0.15, 0.2) is 0 Å². The first-order valence-electron chi connectivity index (χ1n) is 9.16. The van der Waals surface area contributed by atoms with Crippen molar-refractivity contribution in [2.24, 2.45) is 11.8 Å². The van der Waals surface area contributed by atoms with Crippen LogP contribution in [0.5, 0.6) is 0 Å². The summed E-state index contributed by atoms with van der Waals surface area (Å²) >= 11 is 0. The topological polar surface area (TPSA) is 3.24 Å². The van der Waals surface area contributed by atoms with Gasteiger partial charge in [-0.25, -0.2) is 0 Å². The van der Waals surface area contributed by atoms with E-state index < -0.39 is 0 Å². The summed E-state index contributed by atoms with van der Waals surface area (Å²) in [5.74, 6) is 2.94. The molecule has 2 aliphatic carbocycles. The van der Waals surface area contributed by atoms with Gasteiger partial charge >= 0.3 is 0 Å². The van der Waals surface area contributed by atoms with Crippen molar-refractivity contribution in [1.82, 2.24) is 4.90 Å². The zero-order valence-corrected chi connectivity index (χ0v) is 13.4. The van der Waals surface area contributed by atoms with Gasteiger partial charge in [-0.1, -0.05) is 37.6 Å². The van der Waals surface area contributed by atoms with E-state index in [2.05, 4.69) is 36.1 Å². The largest absolute Gasteiger partial charge is 0.300 e. The van der Waals surface area contributed by atoms with E-state index in [0.29, 0.717) is 0 Å². The first-order valence-corrected chi connectivity index (χ1v) is 9.16. The van der Waals surface area contributed by atoms with E-state index in [-0.39, 0.29) is 0 Å². The van der Waals surface area contributed by atoms with Crippen molar-refractivity contribution in [1.29, 1.82) is 0 Å². The molecule has 21 heavy (non-hydrogen) atoms. The van der Waals surface area contributed by atoms with Gasteiger partial charge in [0.1, 0.15) is 0 Å². The van der Waals surface area contributed by atoms with Gasteiger partial charge in [-0.2, -0.15) is 0 Å². The number of aryl methyl sites for hydroxylation is 1. The molecule has 1 heterocycles. The Labute approximate surface area is 129 Å². The number of hydrogen-bond acceptors (Lipinski definition) is 1. The average Bonchev–Trinajstić information content (AvgIpc) is 3.18. The van der Waals surface area contributed by atoms with Crippen LogP contribution in [-0.4, -0.2) is 24.0 Å². The highest BCUT2D eigenvalue weighted by atomic mass is 15.2. The molecule has 3 unspecified atom stereocenters. The number of benzene rings is 1. The van der Waals surface area contributed by atoms with Gasteiger partial charge in [0.2, 0.25) is 0 Å². The predicted octanol–water partition coefficient (Wildman–Crippen LogP) is 4.62. The maximum Gasteiger partial charge on any atom is 0.0126 e. The first-order chi connectivity index (χ1) is 10.3. The Morgan fingerprint density at radius 2 is 1.71 bits per heavy atom. The van der Waals surface area contributed by atoms with E-state index in [4.69, 9.17) is 0 Å². The third kappa shape index (κ3) is 2.65. The summed E-state index contributed by atoms with van der Waals surface area (Å²) in [7, 11) is 0. The van der Waals surface area contributed by atoms with Crippen molar-refractivity contribution in [3.8, 4) is 0 Å². The lowest BCUT2D eigenvalue weighted by Gasteiger charge is -2.39. The van der Waals surface area contributed by atoms with Crippen LogP contribution >= 0.6 is 0 Å². The molecule has 3 fully saturated rings. The minimum Gasteiger partial charge on any atom is -0.300 e. The molecule has 1 aromatic rings. The zero-order valence-electron chi connectivity index (χ0n) is 13.4. The SMILES string of the molecule is CCc1ccc(C2CCN(C3CC4CCC3C4)CC2)cc1. The van der Waals surface area contributed by atoms with Gasteiger partial charge in [0, 0.05) is 6.04 Å². The van der Waals surface area contributed by atoms with Gasteiger partial charge in [-0.05, 0) is 80.5 Å². The van der Waals surface area contributed by atoms with E-state index in [1.54, 1.807) is 12.0 Å². The molecule has 3 aliphatic rings. The Kier molecular flexibility index (Phi) is 3.79. The Bertz CT molecular complexity index is 469. The summed E-state index contributed by atoms with van der Waals surface area (Å²) in [4.78, 5) is 2.85. The highest BCUT2D eigenvalue weighted by molar-refractivity contribution is 5.25. The van der Waals surface area contributed by atoms with E-state index in [1.165, 1.54) is 50.8 Å². The Morgan fingerprint density at radius 1 is 0.952 bits per heavy atom. The highest BCUT2D eigenvalue weighted by Gasteiger charge is 2.42. The molecule has 1 heteroatoms. The maximum absolute atomic E-state index is 2.85. The van der Waals surface area contributed by atoms with Crippen LogP contribution in [0.4, 0.5) is 0 Å². The Hall–Kier alpha value is -0.820. The van der Waals surface area contributed by atoms with Gasteiger partial charge in [-0.3, -0.25) is 0 Å². The van der Waals surface area contributed by atoms with Gasteiger partial charge in [-0.15, -0.1) is 0 Å². The van der Waals surface area contributed by atoms with Crippen molar-refractivity contribution in [2.45, 2.75) is 63.8 Å². The summed E-state index contributed by atoms with van der Waals surface area (Å²) < 4.78 is 0. The fourth-order valence-corrected chi connectivity index (χ4v) is 5.25. The van der Waals surface area contributed by atoms with Crippen LogP contribution in [0.1, 0.15) is 62.5 Å². The number of nitrogens with zero attached hydrogens (tertiary/aromatic N) is 1. The Balaban J connectivity index is 1.35. The van der Waals surface area contributed by atoms with Crippen molar-refractivity contribution < 1.29 is 0 Å². The predicted molar refractivity (Wildman–Crippen MR) is 88.6 cm³/mol. The normalized spacial score (nSPS) is 33.7. The van der Waals surface area contributed by atoms with Crippen molar-refractivity contribution >= 4 is 0 Å². The van der Waals surface area contributed by atoms with Gasteiger partial charge in [0.25, 0.3) is 0 Å². The third-order valence-corrected chi connectivity index (χ3v) is 6.56. The molecular weight excluding hydrogens is 254 g/mol. The summed E-state index contributed by atoms with van der Waals surface area (Å²) in [5.41, 5.74) is 3.05. The molecule has 1 aromatic carbocycles. The van der Waals surface area contributed by atoms with Crippen LogP contribution in [-0.2, 0) is 6.42 Å². The van der Waals surface area contributed by atoms with Crippen molar-refractivity contribution in [3.05, 3.63) is 35.4 Å². The number of hydrogen-bond donors (Lipinski definition) is 0. The number of fused-ring (bicyclic) bond motifs is 2. The van der Waals surface area contributed by atoms with Crippen molar-refractivity contribution in [2.75, 3.05) is 13.1 Å². The molecule has 2 bridgehead atoms. The van der Waals surface area contributed by atoms with Crippen LogP contribution in [0.25, 0.3) is 0 Å². The minimum absolute atomic E-state index is 0.811. The summed E-state index contributed by atoms with van der Waals surface area (Å²) in [6.07, 6.45) is 10.0. The van der Waals surface area contributed by atoms with Crippen LogP contribution in [0.3, 0.4) is 0 Å². The molecule has 2 saturated carbocycles. The molecular formula is C20H29N. The lowest BCUT2D eigenvalue weighted by molar-refractivity contribution is 0.111.